The van der Waals surface area contributed by atoms with Crippen LogP contribution in [0.15, 0.2) is 88.2 Å². The number of aromatic nitrogens is 1. The highest BCUT2D eigenvalue weighted by Gasteiger charge is 2.32. The molecule has 1 aliphatic carbocycles. The first kappa shape index (κ1) is 24.4. The summed E-state index contributed by atoms with van der Waals surface area (Å²) >= 11 is 1.47. The Hall–Kier alpha value is -3.90. The number of allylic oxidation sites excluding steroid dienone is 1. The maximum absolute atomic E-state index is 14.0. The standard InChI is InChI=1S/C32H31N3O2S/c1-4-34(5-2)24-16-13-21(14-17-24)19-28-31(36)35-30(23-10-8-11-25(20-23)37-3)27-18-15-22-9-6-7-12-26(22)29(27)33-32(35)38-28/h6-14,16-17,19-20,30H,4-5,15,18H2,1-3H3. The van der Waals surface area contributed by atoms with Crippen LogP contribution < -0.4 is 24.5 Å². The number of thiazole rings is 1. The van der Waals surface area contributed by atoms with Gasteiger partial charge in [0.05, 0.1) is 23.4 Å². The third kappa shape index (κ3) is 4.19. The average molecular weight is 522 g/mol. The number of hydrogen-bond acceptors (Lipinski definition) is 5. The van der Waals surface area contributed by atoms with Crippen LogP contribution in [-0.2, 0) is 6.42 Å². The second kappa shape index (κ2) is 10.1. The van der Waals surface area contributed by atoms with E-state index < -0.39 is 0 Å². The number of fused-ring (bicyclic) bond motifs is 3. The van der Waals surface area contributed by atoms with E-state index in [1.165, 1.54) is 33.7 Å². The summed E-state index contributed by atoms with van der Waals surface area (Å²) < 4.78 is 8.14. The van der Waals surface area contributed by atoms with E-state index in [0.717, 1.165) is 53.3 Å². The lowest BCUT2D eigenvalue weighted by atomic mass is 9.83. The topological polar surface area (TPSA) is 46.8 Å². The second-order valence-corrected chi connectivity index (χ2v) is 10.7. The zero-order valence-corrected chi connectivity index (χ0v) is 22.8. The number of rotatable bonds is 6. The summed E-state index contributed by atoms with van der Waals surface area (Å²) in [5.41, 5.74) is 7.94. The summed E-state index contributed by atoms with van der Waals surface area (Å²) in [6.07, 6.45) is 3.80. The van der Waals surface area contributed by atoms with Crippen LogP contribution in [0.2, 0.25) is 0 Å². The minimum atomic E-state index is -0.211. The maximum Gasteiger partial charge on any atom is 0.271 e. The lowest BCUT2D eigenvalue weighted by Gasteiger charge is -2.31. The van der Waals surface area contributed by atoms with E-state index in [2.05, 4.69) is 73.3 Å². The third-order valence-electron chi connectivity index (χ3n) is 7.60. The van der Waals surface area contributed by atoms with Crippen molar-refractivity contribution in [3.05, 3.63) is 120 Å². The first-order chi connectivity index (χ1) is 18.6. The van der Waals surface area contributed by atoms with E-state index in [1.807, 2.05) is 28.8 Å². The molecule has 6 rings (SSSR count). The Morgan fingerprint density at radius 2 is 1.82 bits per heavy atom. The summed E-state index contributed by atoms with van der Waals surface area (Å²) in [6.45, 7) is 6.25. The average Bonchev–Trinajstić information content (AvgIpc) is 3.27. The first-order valence-electron chi connectivity index (χ1n) is 13.2. The monoisotopic (exact) mass is 521 g/mol. The second-order valence-electron chi connectivity index (χ2n) is 9.65. The van der Waals surface area contributed by atoms with Crippen molar-refractivity contribution in [2.75, 3.05) is 25.1 Å². The van der Waals surface area contributed by atoms with Gasteiger partial charge < -0.3 is 9.64 Å². The molecule has 0 saturated heterocycles. The van der Waals surface area contributed by atoms with Gasteiger partial charge >= 0.3 is 0 Å². The lowest BCUT2D eigenvalue weighted by molar-refractivity contribution is 0.413. The van der Waals surface area contributed by atoms with E-state index in [9.17, 15) is 4.79 Å². The Morgan fingerprint density at radius 1 is 1.03 bits per heavy atom. The molecule has 3 aromatic carbocycles. The molecule has 2 aliphatic rings. The molecule has 1 aromatic heterocycles. The summed E-state index contributed by atoms with van der Waals surface area (Å²) in [7, 11) is 1.68. The minimum Gasteiger partial charge on any atom is -0.497 e. The SMILES string of the molecule is CCN(CC)c1ccc(C=c2sc3n(c2=O)C(c2cccc(OC)c2)C2=C(N=3)c3ccccc3CC2)cc1. The number of ether oxygens (including phenoxy) is 1. The van der Waals surface area contributed by atoms with Gasteiger partial charge in [-0.05, 0) is 79.3 Å². The number of anilines is 1. The molecule has 0 saturated carbocycles. The Balaban J connectivity index is 1.53. The lowest BCUT2D eigenvalue weighted by Crippen LogP contribution is -2.38. The summed E-state index contributed by atoms with van der Waals surface area (Å²) in [5.74, 6) is 0.785. The van der Waals surface area contributed by atoms with Crippen LogP contribution in [0.3, 0.4) is 0 Å². The van der Waals surface area contributed by atoms with Crippen molar-refractivity contribution in [3.63, 3.8) is 0 Å². The van der Waals surface area contributed by atoms with Crippen LogP contribution in [0.1, 0.15) is 48.6 Å². The first-order valence-corrected chi connectivity index (χ1v) is 14.0. The normalized spacial score (nSPS) is 16.4. The number of nitrogens with zero attached hydrogens (tertiary/aromatic N) is 3. The van der Waals surface area contributed by atoms with Crippen LogP contribution in [-0.4, -0.2) is 24.8 Å². The largest absolute Gasteiger partial charge is 0.497 e. The van der Waals surface area contributed by atoms with Crippen molar-refractivity contribution in [1.29, 1.82) is 0 Å². The van der Waals surface area contributed by atoms with Gasteiger partial charge in [0.1, 0.15) is 5.75 Å². The summed E-state index contributed by atoms with van der Waals surface area (Å²) in [5, 5.41) is 0. The van der Waals surface area contributed by atoms with Gasteiger partial charge in [0, 0.05) is 24.3 Å². The van der Waals surface area contributed by atoms with Crippen LogP contribution >= 0.6 is 11.3 Å². The number of hydrogen-bond donors (Lipinski definition) is 0. The van der Waals surface area contributed by atoms with Gasteiger partial charge in [0.2, 0.25) is 0 Å². The van der Waals surface area contributed by atoms with Crippen molar-refractivity contribution < 1.29 is 4.74 Å². The van der Waals surface area contributed by atoms with Gasteiger partial charge in [-0.1, -0.05) is 59.9 Å². The maximum atomic E-state index is 14.0. The molecular weight excluding hydrogens is 490 g/mol. The molecule has 0 amide bonds. The van der Waals surface area contributed by atoms with E-state index >= 15 is 0 Å². The van der Waals surface area contributed by atoms with Gasteiger partial charge in [-0.15, -0.1) is 0 Å². The number of benzene rings is 3. The molecule has 0 spiro atoms. The van der Waals surface area contributed by atoms with Gasteiger partial charge in [0.15, 0.2) is 4.80 Å². The minimum absolute atomic E-state index is 0.000187. The molecule has 0 bridgehead atoms. The number of aryl methyl sites for hydroxylation is 1. The zero-order chi connectivity index (χ0) is 26.2. The predicted molar refractivity (Wildman–Crippen MR) is 156 cm³/mol. The molecule has 1 unspecified atom stereocenters. The van der Waals surface area contributed by atoms with Gasteiger partial charge in [-0.25, -0.2) is 4.99 Å². The van der Waals surface area contributed by atoms with Gasteiger partial charge in [0.25, 0.3) is 5.56 Å². The highest BCUT2D eigenvalue weighted by Crippen LogP contribution is 2.41. The summed E-state index contributed by atoms with van der Waals surface area (Å²) in [6, 6.07) is 24.8. The van der Waals surface area contributed by atoms with Gasteiger partial charge in [-0.2, -0.15) is 0 Å². The highest BCUT2D eigenvalue weighted by atomic mass is 32.1. The Labute approximate surface area is 226 Å². The fourth-order valence-electron chi connectivity index (χ4n) is 5.66. The van der Waals surface area contributed by atoms with Crippen molar-refractivity contribution in [1.82, 2.24) is 4.57 Å². The molecule has 38 heavy (non-hydrogen) atoms. The van der Waals surface area contributed by atoms with Crippen molar-refractivity contribution in [3.8, 4) is 5.75 Å². The summed E-state index contributed by atoms with van der Waals surface area (Å²) in [4.78, 5) is 22.1. The molecule has 0 fully saturated rings. The Morgan fingerprint density at radius 3 is 2.58 bits per heavy atom. The molecule has 1 aliphatic heterocycles. The fourth-order valence-corrected chi connectivity index (χ4v) is 6.66. The fraction of sp³-hybridized carbons (Fsp3) is 0.250. The molecule has 5 nitrogen and oxygen atoms in total. The van der Waals surface area contributed by atoms with E-state index in [4.69, 9.17) is 9.73 Å². The molecule has 4 aromatic rings. The number of methoxy groups -OCH3 is 1. The highest BCUT2D eigenvalue weighted by molar-refractivity contribution is 7.07. The van der Waals surface area contributed by atoms with E-state index in [1.54, 1.807) is 7.11 Å². The van der Waals surface area contributed by atoms with Crippen LogP contribution in [0.25, 0.3) is 11.8 Å². The molecule has 192 valence electrons. The van der Waals surface area contributed by atoms with Crippen molar-refractivity contribution >= 4 is 28.8 Å². The van der Waals surface area contributed by atoms with E-state index in [0.29, 0.717) is 4.53 Å². The quantitative estimate of drug-likeness (QED) is 0.352. The van der Waals surface area contributed by atoms with Crippen molar-refractivity contribution in [2.24, 2.45) is 4.99 Å². The predicted octanol–water partition coefficient (Wildman–Crippen LogP) is 5.17. The van der Waals surface area contributed by atoms with E-state index in [-0.39, 0.29) is 11.6 Å². The smallest absolute Gasteiger partial charge is 0.271 e. The molecule has 0 N–H and O–H groups in total. The zero-order valence-electron chi connectivity index (χ0n) is 22.0. The Bertz CT molecular complexity index is 1710. The van der Waals surface area contributed by atoms with Gasteiger partial charge in [-0.3, -0.25) is 9.36 Å². The molecule has 6 heteroatoms. The third-order valence-corrected chi connectivity index (χ3v) is 8.58. The van der Waals surface area contributed by atoms with Crippen LogP contribution in [0.5, 0.6) is 5.75 Å². The Kier molecular flexibility index (Phi) is 6.50. The molecule has 0 radical (unpaired) electrons. The van der Waals surface area contributed by atoms with Crippen LogP contribution in [0, 0.1) is 0 Å². The van der Waals surface area contributed by atoms with Crippen LogP contribution in [0.4, 0.5) is 5.69 Å². The molecule has 2 heterocycles. The molecular formula is C32H31N3O2S. The molecule has 1 atom stereocenters. The van der Waals surface area contributed by atoms with Crippen molar-refractivity contribution in [2.45, 2.75) is 32.7 Å².